The van der Waals surface area contributed by atoms with Gasteiger partial charge in [-0.1, -0.05) is 18.2 Å². The standard InChI is InChI=1S/C23H25N5O2S2/c1-14(28-20(25-26-23(28)31)19-3-2-12-32-19)22(30)27(18-10-11-18)13-15-4-6-16(7-5-15)21(29)24-17-8-9-17/h2-7,12,14,17-18H,8-11,13H2,1H3,(H,24,29)(H,26,31). The molecule has 0 aliphatic heterocycles. The number of hydrogen-bond donors (Lipinski definition) is 2. The first kappa shape index (κ1) is 21.1. The molecule has 2 heterocycles. The van der Waals surface area contributed by atoms with E-state index in [2.05, 4.69) is 15.5 Å². The fourth-order valence-electron chi connectivity index (χ4n) is 3.82. The molecule has 0 bridgehead atoms. The van der Waals surface area contributed by atoms with Crippen LogP contribution in [0, 0.1) is 4.77 Å². The zero-order chi connectivity index (χ0) is 22.2. The van der Waals surface area contributed by atoms with E-state index < -0.39 is 6.04 Å². The van der Waals surface area contributed by atoms with Gasteiger partial charge in [0.25, 0.3) is 5.91 Å². The number of carbonyl (C=O) groups excluding carboxylic acids is 2. The number of benzene rings is 1. The van der Waals surface area contributed by atoms with Crippen molar-refractivity contribution in [3.05, 3.63) is 57.7 Å². The summed E-state index contributed by atoms with van der Waals surface area (Å²) in [5.41, 5.74) is 1.67. The number of thiophene rings is 1. The highest BCUT2D eigenvalue weighted by atomic mass is 32.1. The summed E-state index contributed by atoms with van der Waals surface area (Å²) < 4.78 is 2.25. The number of H-pyrrole nitrogens is 1. The van der Waals surface area contributed by atoms with Crippen LogP contribution in [0.1, 0.15) is 54.6 Å². The molecule has 2 N–H and O–H groups in total. The van der Waals surface area contributed by atoms with Crippen LogP contribution in [0.3, 0.4) is 0 Å². The van der Waals surface area contributed by atoms with Gasteiger partial charge >= 0.3 is 0 Å². The van der Waals surface area contributed by atoms with Crippen LogP contribution in [0.4, 0.5) is 0 Å². The number of carbonyl (C=O) groups is 2. The van der Waals surface area contributed by atoms with Crippen molar-refractivity contribution in [1.82, 2.24) is 25.0 Å². The van der Waals surface area contributed by atoms with Crippen molar-refractivity contribution in [1.29, 1.82) is 0 Å². The molecule has 166 valence electrons. The number of nitrogens with one attached hydrogen (secondary N) is 2. The quantitative estimate of drug-likeness (QED) is 0.484. The van der Waals surface area contributed by atoms with E-state index in [1.54, 1.807) is 11.3 Å². The minimum Gasteiger partial charge on any atom is -0.349 e. The van der Waals surface area contributed by atoms with Gasteiger partial charge in [-0.05, 0) is 74.0 Å². The Morgan fingerprint density at radius 3 is 2.62 bits per heavy atom. The van der Waals surface area contributed by atoms with Crippen molar-refractivity contribution in [3.63, 3.8) is 0 Å². The van der Waals surface area contributed by atoms with Crippen LogP contribution in [0.25, 0.3) is 10.7 Å². The highest BCUT2D eigenvalue weighted by Crippen LogP contribution is 2.32. The van der Waals surface area contributed by atoms with E-state index >= 15 is 0 Å². The number of aromatic nitrogens is 3. The molecule has 0 radical (unpaired) electrons. The second-order valence-electron chi connectivity index (χ2n) is 8.52. The number of aromatic amines is 1. The van der Waals surface area contributed by atoms with Gasteiger partial charge in [0.1, 0.15) is 6.04 Å². The summed E-state index contributed by atoms with van der Waals surface area (Å²) in [6.45, 7) is 2.39. The summed E-state index contributed by atoms with van der Waals surface area (Å²) in [7, 11) is 0. The van der Waals surface area contributed by atoms with Crippen molar-refractivity contribution < 1.29 is 9.59 Å². The Hall–Kier alpha value is -2.78. The highest BCUT2D eigenvalue weighted by Gasteiger charge is 2.36. The Balaban J connectivity index is 1.33. The van der Waals surface area contributed by atoms with E-state index in [9.17, 15) is 9.59 Å². The van der Waals surface area contributed by atoms with Crippen LogP contribution >= 0.6 is 23.6 Å². The smallest absolute Gasteiger partial charge is 0.251 e. The SMILES string of the molecule is CC(C(=O)N(Cc1ccc(C(=O)NC2CC2)cc1)C1CC1)n1c(-c2cccs2)n[nH]c1=S. The Kier molecular flexibility index (Phi) is 5.69. The maximum absolute atomic E-state index is 13.6. The van der Waals surface area contributed by atoms with Gasteiger partial charge in [0.15, 0.2) is 10.6 Å². The summed E-state index contributed by atoms with van der Waals surface area (Å²) in [4.78, 5) is 28.7. The molecule has 32 heavy (non-hydrogen) atoms. The molecule has 1 atom stereocenters. The average Bonchev–Trinajstić information content (AvgIpc) is 3.71. The third-order valence-corrected chi connectivity index (χ3v) is 7.10. The molecule has 5 rings (SSSR count). The summed E-state index contributed by atoms with van der Waals surface area (Å²) in [6, 6.07) is 11.6. The molecule has 0 saturated heterocycles. The van der Waals surface area contributed by atoms with Gasteiger partial charge in [-0.15, -0.1) is 11.3 Å². The number of rotatable bonds is 8. The van der Waals surface area contributed by atoms with Crippen LogP contribution in [0.15, 0.2) is 41.8 Å². The van der Waals surface area contributed by atoms with Crippen LogP contribution in [-0.4, -0.2) is 43.6 Å². The number of nitrogens with zero attached hydrogens (tertiary/aromatic N) is 3. The van der Waals surface area contributed by atoms with Gasteiger partial charge in [0, 0.05) is 24.2 Å². The van der Waals surface area contributed by atoms with E-state index in [-0.39, 0.29) is 17.9 Å². The fraction of sp³-hybridized carbons (Fsp3) is 0.391. The third kappa shape index (κ3) is 4.40. The van der Waals surface area contributed by atoms with Crippen LogP contribution in [0.5, 0.6) is 0 Å². The monoisotopic (exact) mass is 467 g/mol. The maximum atomic E-state index is 13.6. The molecule has 0 spiro atoms. The third-order valence-electron chi connectivity index (χ3n) is 5.94. The van der Waals surface area contributed by atoms with Crippen LogP contribution in [0.2, 0.25) is 0 Å². The Labute approximate surface area is 195 Å². The normalized spacial score (nSPS) is 16.5. The molecule has 9 heteroatoms. The van der Waals surface area contributed by atoms with E-state index in [0.29, 0.717) is 28.7 Å². The van der Waals surface area contributed by atoms with Crippen LogP contribution < -0.4 is 5.32 Å². The number of amides is 2. The van der Waals surface area contributed by atoms with Crippen molar-refractivity contribution >= 4 is 35.4 Å². The van der Waals surface area contributed by atoms with Gasteiger partial charge < -0.3 is 10.2 Å². The Bertz CT molecular complexity index is 1170. The van der Waals surface area contributed by atoms with E-state index in [0.717, 1.165) is 36.1 Å². The molecular formula is C23H25N5O2S2. The first-order valence-corrected chi connectivity index (χ1v) is 12.2. The van der Waals surface area contributed by atoms with E-state index in [1.165, 1.54) is 0 Å². The van der Waals surface area contributed by atoms with E-state index in [4.69, 9.17) is 12.2 Å². The van der Waals surface area contributed by atoms with Gasteiger partial charge in [0.05, 0.1) is 4.88 Å². The predicted octanol–water partition coefficient (Wildman–Crippen LogP) is 4.31. The topological polar surface area (TPSA) is 83.0 Å². The second-order valence-corrected chi connectivity index (χ2v) is 9.85. The summed E-state index contributed by atoms with van der Waals surface area (Å²) in [6.07, 6.45) is 4.15. The minimum atomic E-state index is -0.470. The lowest BCUT2D eigenvalue weighted by atomic mass is 10.1. The predicted molar refractivity (Wildman–Crippen MR) is 126 cm³/mol. The molecular weight excluding hydrogens is 442 g/mol. The summed E-state index contributed by atoms with van der Waals surface area (Å²) in [5, 5.41) is 12.2. The molecule has 2 fully saturated rings. The molecule has 2 aliphatic rings. The lowest BCUT2D eigenvalue weighted by Gasteiger charge is -2.27. The Morgan fingerprint density at radius 1 is 1.25 bits per heavy atom. The van der Waals surface area contributed by atoms with Gasteiger partial charge in [-0.2, -0.15) is 5.10 Å². The van der Waals surface area contributed by atoms with E-state index in [1.807, 2.05) is 58.2 Å². The first-order valence-electron chi connectivity index (χ1n) is 10.9. The van der Waals surface area contributed by atoms with Crippen LogP contribution in [-0.2, 0) is 11.3 Å². The average molecular weight is 468 g/mol. The van der Waals surface area contributed by atoms with Crippen molar-refractivity contribution in [2.75, 3.05) is 0 Å². The molecule has 1 aromatic carbocycles. The molecule has 2 aliphatic carbocycles. The second kappa shape index (κ2) is 8.63. The molecule has 3 aromatic rings. The minimum absolute atomic E-state index is 0.0263. The zero-order valence-corrected chi connectivity index (χ0v) is 19.4. The fourth-order valence-corrected chi connectivity index (χ4v) is 4.82. The highest BCUT2D eigenvalue weighted by molar-refractivity contribution is 7.71. The Morgan fingerprint density at radius 2 is 2.00 bits per heavy atom. The lowest BCUT2D eigenvalue weighted by Crippen LogP contribution is -2.37. The molecule has 1 unspecified atom stereocenters. The van der Waals surface area contributed by atoms with Gasteiger partial charge in [-0.3, -0.25) is 19.3 Å². The van der Waals surface area contributed by atoms with Gasteiger partial charge in [0.2, 0.25) is 5.91 Å². The van der Waals surface area contributed by atoms with Crippen molar-refractivity contribution in [2.45, 2.75) is 57.3 Å². The molecule has 2 amide bonds. The van der Waals surface area contributed by atoms with Crippen molar-refractivity contribution in [2.24, 2.45) is 0 Å². The summed E-state index contributed by atoms with van der Waals surface area (Å²) in [5.74, 6) is 0.684. The zero-order valence-electron chi connectivity index (χ0n) is 17.8. The number of hydrogen-bond acceptors (Lipinski definition) is 5. The lowest BCUT2D eigenvalue weighted by molar-refractivity contribution is -0.135. The maximum Gasteiger partial charge on any atom is 0.251 e. The van der Waals surface area contributed by atoms with Crippen molar-refractivity contribution in [3.8, 4) is 10.7 Å². The molecule has 7 nitrogen and oxygen atoms in total. The largest absolute Gasteiger partial charge is 0.349 e. The molecule has 2 saturated carbocycles. The summed E-state index contributed by atoms with van der Waals surface area (Å²) >= 11 is 7.02. The first-order chi connectivity index (χ1) is 15.5. The molecule has 2 aromatic heterocycles. The van der Waals surface area contributed by atoms with Gasteiger partial charge in [-0.25, -0.2) is 0 Å².